The maximum Gasteiger partial charge on any atom is 0.259 e. The molecule has 0 saturated carbocycles. The SMILES string of the molecule is COc1ccc(Br)cc1C(=O)Nc1ccccc1C(N)=O. The lowest BCUT2D eigenvalue weighted by atomic mass is 10.1. The first-order chi connectivity index (χ1) is 10.0. The van der Waals surface area contributed by atoms with E-state index in [2.05, 4.69) is 21.2 Å². The molecule has 2 aromatic rings. The van der Waals surface area contributed by atoms with Crippen LogP contribution in [-0.4, -0.2) is 18.9 Å². The van der Waals surface area contributed by atoms with Gasteiger partial charge in [0.05, 0.1) is 23.9 Å². The van der Waals surface area contributed by atoms with Gasteiger partial charge in [-0.25, -0.2) is 0 Å². The Morgan fingerprint density at radius 2 is 1.86 bits per heavy atom. The Bertz CT molecular complexity index is 701. The van der Waals surface area contributed by atoms with Gasteiger partial charge in [0.1, 0.15) is 5.75 Å². The number of ether oxygens (including phenoxy) is 1. The van der Waals surface area contributed by atoms with E-state index in [1.54, 1.807) is 42.5 Å². The van der Waals surface area contributed by atoms with E-state index in [0.717, 1.165) is 4.47 Å². The normalized spacial score (nSPS) is 10.0. The third-order valence-electron chi connectivity index (χ3n) is 2.85. The third-order valence-corrected chi connectivity index (χ3v) is 3.34. The predicted molar refractivity (Wildman–Crippen MR) is 83.6 cm³/mol. The highest BCUT2D eigenvalue weighted by Crippen LogP contribution is 2.24. The number of halogens is 1. The van der Waals surface area contributed by atoms with Crippen molar-refractivity contribution < 1.29 is 14.3 Å². The lowest BCUT2D eigenvalue weighted by Crippen LogP contribution is -2.18. The molecule has 0 saturated heterocycles. The number of primary amides is 1. The van der Waals surface area contributed by atoms with Crippen LogP contribution in [0.4, 0.5) is 5.69 Å². The molecule has 0 unspecified atom stereocenters. The number of hydrogen-bond donors (Lipinski definition) is 2. The summed E-state index contributed by atoms with van der Waals surface area (Å²) in [6.07, 6.45) is 0. The number of benzene rings is 2. The number of nitrogens with one attached hydrogen (secondary N) is 1. The van der Waals surface area contributed by atoms with E-state index in [1.165, 1.54) is 7.11 Å². The van der Waals surface area contributed by atoms with Crippen LogP contribution in [0.3, 0.4) is 0 Å². The molecule has 0 aliphatic rings. The smallest absolute Gasteiger partial charge is 0.259 e. The summed E-state index contributed by atoms with van der Waals surface area (Å²) in [4.78, 5) is 23.7. The molecule has 2 rings (SSSR count). The maximum atomic E-state index is 12.4. The van der Waals surface area contributed by atoms with E-state index in [-0.39, 0.29) is 11.5 Å². The third kappa shape index (κ3) is 3.41. The number of carbonyl (C=O) groups is 2. The van der Waals surface area contributed by atoms with Crippen LogP contribution in [0.2, 0.25) is 0 Å². The highest BCUT2D eigenvalue weighted by molar-refractivity contribution is 9.10. The summed E-state index contributed by atoms with van der Waals surface area (Å²) in [7, 11) is 1.48. The lowest BCUT2D eigenvalue weighted by molar-refractivity contribution is 0.100. The minimum atomic E-state index is -0.605. The largest absolute Gasteiger partial charge is 0.496 e. The van der Waals surface area contributed by atoms with E-state index in [0.29, 0.717) is 17.0 Å². The van der Waals surface area contributed by atoms with Crippen molar-refractivity contribution >= 4 is 33.4 Å². The summed E-state index contributed by atoms with van der Waals surface area (Å²) in [6.45, 7) is 0. The summed E-state index contributed by atoms with van der Waals surface area (Å²) >= 11 is 3.31. The number of anilines is 1. The van der Waals surface area contributed by atoms with Crippen molar-refractivity contribution in [1.29, 1.82) is 0 Å². The van der Waals surface area contributed by atoms with Gasteiger partial charge >= 0.3 is 0 Å². The van der Waals surface area contributed by atoms with E-state index in [9.17, 15) is 9.59 Å². The predicted octanol–water partition coefficient (Wildman–Crippen LogP) is 2.81. The van der Waals surface area contributed by atoms with Crippen LogP contribution in [0.1, 0.15) is 20.7 Å². The minimum Gasteiger partial charge on any atom is -0.496 e. The molecule has 0 aliphatic heterocycles. The minimum absolute atomic E-state index is 0.250. The van der Waals surface area contributed by atoms with Crippen molar-refractivity contribution in [2.45, 2.75) is 0 Å². The molecule has 2 aromatic carbocycles. The number of para-hydroxylation sites is 1. The van der Waals surface area contributed by atoms with Crippen LogP contribution >= 0.6 is 15.9 Å². The first-order valence-electron chi connectivity index (χ1n) is 6.06. The second kappa shape index (κ2) is 6.41. The molecule has 21 heavy (non-hydrogen) atoms. The molecule has 0 aliphatic carbocycles. The molecule has 3 N–H and O–H groups in total. The number of carbonyl (C=O) groups excluding carboxylic acids is 2. The molecule has 0 atom stereocenters. The second-order valence-electron chi connectivity index (χ2n) is 4.21. The van der Waals surface area contributed by atoms with Crippen LogP contribution in [0.5, 0.6) is 5.75 Å². The average Bonchev–Trinajstić information content (AvgIpc) is 2.47. The van der Waals surface area contributed by atoms with Gasteiger partial charge in [0.25, 0.3) is 11.8 Å². The number of nitrogens with two attached hydrogens (primary N) is 1. The Balaban J connectivity index is 2.35. The number of rotatable bonds is 4. The lowest BCUT2D eigenvalue weighted by Gasteiger charge is -2.11. The molecule has 0 aromatic heterocycles. The Kier molecular flexibility index (Phi) is 4.59. The van der Waals surface area contributed by atoms with Gasteiger partial charge in [-0.1, -0.05) is 28.1 Å². The number of methoxy groups -OCH3 is 1. The van der Waals surface area contributed by atoms with Crippen molar-refractivity contribution in [2.24, 2.45) is 5.73 Å². The highest BCUT2D eigenvalue weighted by atomic mass is 79.9. The van der Waals surface area contributed by atoms with Crippen LogP contribution in [0.25, 0.3) is 0 Å². The Hall–Kier alpha value is -2.34. The van der Waals surface area contributed by atoms with Crippen molar-refractivity contribution in [3.63, 3.8) is 0 Å². The fourth-order valence-electron chi connectivity index (χ4n) is 1.85. The maximum absolute atomic E-state index is 12.4. The monoisotopic (exact) mass is 348 g/mol. The molecule has 0 heterocycles. The summed E-state index contributed by atoms with van der Waals surface area (Å²) in [5.74, 6) is -0.554. The van der Waals surface area contributed by atoms with Gasteiger partial charge in [0.2, 0.25) is 0 Å². The fourth-order valence-corrected chi connectivity index (χ4v) is 2.22. The van der Waals surface area contributed by atoms with Crippen LogP contribution < -0.4 is 15.8 Å². The van der Waals surface area contributed by atoms with E-state index in [1.807, 2.05) is 0 Å². The van der Waals surface area contributed by atoms with Crippen molar-refractivity contribution in [1.82, 2.24) is 0 Å². The van der Waals surface area contributed by atoms with Gasteiger partial charge in [-0.3, -0.25) is 9.59 Å². The quantitative estimate of drug-likeness (QED) is 0.891. The molecule has 5 nitrogen and oxygen atoms in total. The number of hydrogen-bond acceptors (Lipinski definition) is 3. The topological polar surface area (TPSA) is 81.4 Å². The molecule has 0 fully saturated rings. The van der Waals surface area contributed by atoms with Crippen molar-refractivity contribution in [2.75, 3.05) is 12.4 Å². The van der Waals surface area contributed by atoms with Gasteiger partial charge in [-0.15, -0.1) is 0 Å². The molecule has 0 bridgehead atoms. The molecule has 108 valence electrons. The van der Waals surface area contributed by atoms with E-state index in [4.69, 9.17) is 10.5 Å². The molecule has 2 amide bonds. The van der Waals surface area contributed by atoms with Crippen LogP contribution in [0.15, 0.2) is 46.9 Å². The number of amides is 2. The van der Waals surface area contributed by atoms with Crippen LogP contribution in [0, 0.1) is 0 Å². The van der Waals surface area contributed by atoms with Gasteiger partial charge in [0.15, 0.2) is 0 Å². The second-order valence-corrected chi connectivity index (χ2v) is 5.12. The van der Waals surface area contributed by atoms with Gasteiger partial charge in [0, 0.05) is 4.47 Å². The first-order valence-corrected chi connectivity index (χ1v) is 6.86. The zero-order valence-electron chi connectivity index (χ0n) is 11.2. The molecular weight excluding hydrogens is 336 g/mol. The Morgan fingerprint density at radius 1 is 1.14 bits per heavy atom. The standard InChI is InChI=1S/C15H13BrN2O3/c1-21-13-7-6-9(16)8-11(13)15(20)18-12-5-3-2-4-10(12)14(17)19/h2-8H,1H3,(H2,17,19)(H,18,20). The zero-order chi connectivity index (χ0) is 15.4. The average molecular weight is 349 g/mol. The Labute approximate surface area is 130 Å². The molecular formula is C15H13BrN2O3. The zero-order valence-corrected chi connectivity index (χ0v) is 12.8. The van der Waals surface area contributed by atoms with E-state index >= 15 is 0 Å². The summed E-state index contributed by atoms with van der Waals surface area (Å²) in [5.41, 5.74) is 6.25. The van der Waals surface area contributed by atoms with Gasteiger partial charge in [-0.05, 0) is 30.3 Å². The summed E-state index contributed by atoms with van der Waals surface area (Å²) < 4.78 is 5.91. The van der Waals surface area contributed by atoms with Crippen LogP contribution in [-0.2, 0) is 0 Å². The van der Waals surface area contributed by atoms with Crippen molar-refractivity contribution in [3.8, 4) is 5.75 Å². The first kappa shape index (κ1) is 15.1. The highest BCUT2D eigenvalue weighted by Gasteiger charge is 2.15. The van der Waals surface area contributed by atoms with Gasteiger partial charge in [-0.2, -0.15) is 0 Å². The van der Waals surface area contributed by atoms with E-state index < -0.39 is 5.91 Å². The fraction of sp³-hybridized carbons (Fsp3) is 0.0667. The van der Waals surface area contributed by atoms with Crippen molar-refractivity contribution in [3.05, 3.63) is 58.1 Å². The summed E-state index contributed by atoms with van der Waals surface area (Å²) in [6, 6.07) is 11.6. The van der Waals surface area contributed by atoms with Gasteiger partial charge < -0.3 is 15.8 Å². The molecule has 0 spiro atoms. The Morgan fingerprint density at radius 3 is 2.52 bits per heavy atom. The molecule has 0 radical (unpaired) electrons. The molecule has 6 heteroatoms. The summed E-state index contributed by atoms with van der Waals surface area (Å²) in [5, 5.41) is 2.67.